The van der Waals surface area contributed by atoms with Crippen molar-refractivity contribution in [2.45, 2.75) is 19.6 Å². The largest absolute Gasteiger partial charge is 0.462 e. The van der Waals surface area contributed by atoms with Gasteiger partial charge in [0.2, 0.25) is 5.43 Å². The number of aromatic nitrogens is 1. The molecule has 5 nitrogen and oxygen atoms in total. The van der Waals surface area contributed by atoms with Crippen LogP contribution in [-0.2, 0) is 16.0 Å². The van der Waals surface area contributed by atoms with E-state index in [1.807, 2.05) is 0 Å². The lowest BCUT2D eigenvalue weighted by Gasteiger charge is -2.12. The van der Waals surface area contributed by atoms with Gasteiger partial charge in [-0.25, -0.2) is 9.18 Å². The van der Waals surface area contributed by atoms with Crippen LogP contribution in [0, 0.1) is 5.82 Å². The first-order valence-electron chi connectivity index (χ1n) is 6.82. The molecular weight excluding hydrogens is 313 g/mol. The number of hydrogen-bond acceptors (Lipinski definition) is 4. The van der Waals surface area contributed by atoms with Gasteiger partial charge in [0.25, 0.3) is 0 Å². The molecule has 1 aromatic heterocycles. The molecular formula is C15H13ClFNO4. The SMILES string of the molecule is CCOC(=O)c1cn(CC2CO2)c2cc(Cl)c(F)cc2c1=O. The van der Waals surface area contributed by atoms with Crippen molar-refractivity contribution in [3.63, 3.8) is 0 Å². The Morgan fingerprint density at radius 3 is 2.91 bits per heavy atom. The van der Waals surface area contributed by atoms with Crippen molar-refractivity contribution in [3.05, 3.63) is 45.0 Å². The number of nitrogens with zero attached hydrogens (tertiary/aromatic N) is 1. The molecule has 3 rings (SSSR count). The minimum absolute atomic E-state index is 0.0181. The molecule has 2 aromatic rings. The summed E-state index contributed by atoms with van der Waals surface area (Å²) in [6, 6.07) is 2.43. The molecule has 1 aliphatic heterocycles. The molecule has 0 N–H and O–H groups in total. The fourth-order valence-corrected chi connectivity index (χ4v) is 2.44. The van der Waals surface area contributed by atoms with Crippen LogP contribution in [0.1, 0.15) is 17.3 Å². The highest BCUT2D eigenvalue weighted by molar-refractivity contribution is 6.31. The van der Waals surface area contributed by atoms with E-state index in [0.717, 1.165) is 6.07 Å². The number of epoxide rings is 1. The standard InChI is InChI=1S/C15H13ClFNO4/c1-2-21-15(20)10-6-18(5-8-7-22-8)13-4-11(16)12(17)3-9(13)14(10)19/h3-4,6,8H,2,5,7H2,1H3. The smallest absolute Gasteiger partial charge is 0.343 e. The summed E-state index contributed by atoms with van der Waals surface area (Å²) in [4.78, 5) is 24.3. The monoisotopic (exact) mass is 325 g/mol. The van der Waals surface area contributed by atoms with Crippen molar-refractivity contribution in [3.8, 4) is 0 Å². The zero-order valence-corrected chi connectivity index (χ0v) is 12.5. The molecule has 0 saturated carbocycles. The van der Waals surface area contributed by atoms with Gasteiger partial charge >= 0.3 is 5.97 Å². The average Bonchev–Trinajstić information content (AvgIpc) is 3.28. The van der Waals surface area contributed by atoms with Crippen LogP contribution in [-0.4, -0.2) is 29.9 Å². The second kappa shape index (κ2) is 5.70. The van der Waals surface area contributed by atoms with Gasteiger partial charge < -0.3 is 14.0 Å². The van der Waals surface area contributed by atoms with Crippen LogP contribution in [0.4, 0.5) is 4.39 Å². The molecule has 1 unspecified atom stereocenters. The van der Waals surface area contributed by atoms with Gasteiger partial charge in [-0.05, 0) is 19.1 Å². The predicted molar refractivity (Wildman–Crippen MR) is 78.9 cm³/mol. The van der Waals surface area contributed by atoms with Crippen LogP contribution in [0.2, 0.25) is 5.02 Å². The van der Waals surface area contributed by atoms with Gasteiger partial charge in [-0.2, -0.15) is 0 Å². The minimum atomic E-state index is -0.727. The molecule has 2 heterocycles. The van der Waals surface area contributed by atoms with Crippen molar-refractivity contribution in [1.29, 1.82) is 0 Å². The maximum absolute atomic E-state index is 13.7. The van der Waals surface area contributed by atoms with Crippen LogP contribution < -0.4 is 5.43 Å². The highest BCUT2D eigenvalue weighted by atomic mass is 35.5. The predicted octanol–water partition coefficient (Wildman–Crippen LogP) is 2.37. The second-order valence-electron chi connectivity index (χ2n) is 4.98. The van der Waals surface area contributed by atoms with Gasteiger partial charge in [0, 0.05) is 11.6 Å². The third-order valence-corrected chi connectivity index (χ3v) is 3.71. The summed E-state index contributed by atoms with van der Waals surface area (Å²) in [6.07, 6.45) is 1.43. The van der Waals surface area contributed by atoms with E-state index < -0.39 is 17.2 Å². The Labute approximate surface area is 130 Å². The average molecular weight is 326 g/mol. The van der Waals surface area contributed by atoms with E-state index in [9.17, 15) is 14.0 Å². The molecule has 116 valence electrons. The van der Waals surface area contributed by atoms with Crippen LogP contribution in [0.3, 0.4) is 0 Å². The number of carbonyl (C=O) groups excluding carboxylic acids is 1. The van der Waals surface area contributed by atoms with Gasteiger partial charge in [0.1, 0.15) is 11.4 Å². The lowest BCUT2D eigenvalue weighted by Crippen LogP contribution is -2.22. The Morgan fingerprint density at radius 1 is 1.55 bits per heavy atom. The molecule has 1 fully saturated rings. The van der Waals surface area contributed by atoms with Crippen molar-refractivity contribution < 1.29 is 18.7 Å². The van der Waals surface area contributed by atoms with Gasteiger partial charge in [-0.3, -0.25) is 4.79 Å². The van der Waals surface area contributed by atoms with E-state index in [-0.39, 0.29) is 28.7 Å². The van der Waals surface area contributed by atoms with Crippen molar-refractivity contribution >= 4 is 28.5 Å². The molecule has 1 aliphatic rings. The first kappa shape index (κ1) is 15.0. The molecule has 1 atom stereocenters. The zero-order valence-electron chi connectivity index (χ0n) is 11.8. The fourth-order valence-electron chi connectivity index (χ4n) is 2.28. The first-order chi connectivity index (χ1) is 10.5. The Morgan fingerprint density at radius 2 is 2.27 bits per heavy atom. The first-order valence-corrected chi connectivity index (χ1v) is 7.20. The molecule has 1 aromatic carbocycles. The van der Waals surface area contributed by atoms with Crippen molar-refractivity contribution in [2.75, 3.05) is 13.2 Å². The summed E-state index contributed by atoms with van der Waals surface area (Å²) >= 11 is 5.80. The number of pyridine rings is 1. The minimum Gasteiger partial charge on any atom is -0.462 e. The quantitative estimate of drug-likeness (QED) is 0.639. The molecule has 7 heteroatoms. The summed E-state index contributed by atoms with van der Waals surface area (Å²) in [5.41, 5.74) is -0.242. The van der Waals surface area contributed by atoms with Gasteiger partial charge in [-0.1, -0.05) is 11.6 Å². The van der Waals surface area contributed by atoms with Gasteiger partial charge in [0.15, 0.2) is 0 Å². The summed E-state index contributed by atoms with van der Waals surface area (Å²) in [5, 5.41) is 0.00866. The Kier molecular flexibility index (Phi) is 3.88. The summed E-state index contributed by atoms with van der Waals surface area (Å²) in [6.45, 7) is 2.86. The number of ether oxygens (including phenoxy) is 2. The molecule has 22 heavy (non-hydrogen) atoms. The third kappa shape index (κ3) is 2.71. The van der Waals surface area contributed by atoms with Gasteiger partial charge in [0.05, 0.1) is 36.4 Å². The topological polar surface area (TPSA) is 60.8 Å². The zero-order chi connectivity index (χ0) is 15.9. The van der Waals surface area contributed by atoms with E-state index in [1.165, 1.54) is 12.3 Å². The van der Waals surface area contributed by atoms with E-state index in [4.69, 9.17) is 21.1 Å². The van der Waals surface area contributed by atoms with E-state index >= 15 is 0 Å². The van der Waals surface area contributed by atoms with Crippen molar-refractivity contribution in [1.82, 2.24) is 4.57 Å². The Hall–Kier alpha value is -1.92. The van der Waals surface area contributed by atoms with E-state index in [2.05, 4.69) is 0 Å². The highest BCUT2D eigenvalue weighted by Gasteiger charge is 2.25. The maximum Gasteiger partial charge on any atom is 0.343 e. The van der Waals surface area contributed by atoms with Crippen LogP contribution in [0.15, 0.2) is 23.1 Å². The van der Waals surface area contributed by atoms with Crippen LogP contribution in [0.5, 0.6) is 0 Å². The maximum atomic E-state index is 13.7. The second-order valence-corrected chi connectivity index (χ2v) is 5.39. The van der Waals surface area contributed by atoms with Gasteiger partial charge in [-0.15, -0.1) is 0 Å². The normalized spacial score (nSPS) is 16.8. The highest BCUT2D eigenvalue weighted by Crippen LogP contribution is 2.23. The van der Waals surface area contributed by atoms with E-state index in [1.54, 1.807) is 11.5 Å². The molecule has 0 spiro atoms. The molecule has 0 radical (unpaired) electrons. The number of esters is 1. The molecule has 0 aliphatic carbocycles. The van der Waals surface area contributed by atoms with E-state index in [0.29, 0.717) is 18.7 Å². The number of fused-ring (bicyclic) bond motifs is 1. The lowest BCUT2D eigenvalue weighted by atomic mass is 10.1. The van der Waals surface area contributed by atoms with Crippen LogP contribution >= 0.6 is 11.6 Å². The molecule has 0 amide bonds. The number of carbonyl (C=O) groups is 1. The fraction of sp³-hybridized carbons (Fsp3) is 0.333. The number of hydrogen-bond donors (Lipinski definition) is 0. The summed E-state index contributed by atoms with van der Waals surface area (Å²) in [5.74, 6) is -1.43. The Balaban J connectivity index is 2.24. The number of halogens is 2. The molecule has 1 saturated heterocycles. The summed E-state index contributed by atoms with van der Waals surface area (Å²) < 4.78 is 25.4. The number of benzene rings is 1. The summed E-state index contributed by atoms with van der Waals surface area (Å²) in [7, 11) is 0. The third-order valence-electron chi connectivity index (χ3n) is 3.42. The lowest BCUT2D eigenvalue weighted by molar-refractivity contribution is 0.0524. The van der Waals surface area contributed by atoms with Crippen molar-refractivity contribution in [2.24, 2.45) is 0 Å². The molecule has 0 bridgehead atoms. The Bertz CT molecular complexity index is 813. The van der Waals surface area contributed by atoms with Crippen LogP contribution in [0.25, 0.3) is 10.9 Å². The number of rotatable bonds is 4.